The van der Waals surface area contributed by atoms with Gasteiger partial charge in [-0.05, 0) is 12.5 Å². The Morgan fingerprint density at radius 2 is 1.86 bits per heavy atom. The smallest absolute Gasteiger partial charge is 0.0926 e. The lowest BCUT2D eigenvalue weighted by Crippen LogP contribution is -1.95. The zero-order chi connectivity index (χ0) is 10.6. The molecule has 1 aromatic heterocycles. The molecule has 0 aliphatic heterocycles. The standard InChI is InChI=1S/C10H12N2.C2H6/c1-3-10-8-6-4-5-7-9(8)11-12(10)2;1-2/h4-7H,3H2,1-2H3;1-2H3. The van der Waals surface area contributed by atoms with Gasteiger partial charge in [-0.15, -0.1) is 0 Å². The van der Waals surface area contributed by atoms with Gasteiger partial charge in [-0.1, -0.05) is 39.0 Å². The molecule has 0 radical (unpaired) electrons. The van der Waals surface area contributed by atoms with E-state index in [9.17, 15) is 0 Å². The third-order valence-corrected chi connectivity index (χ3v) is 2.20. The number of hydrogen-bond acceptors (Lipinski definition) is 1. The molecule has 2 rings (SSSR count). The molecule has 14 heavy (non-hydrogen) atoms. The van der Waals surface area contributed by atoms with Crippen molar-refractivity contribution in [3.8, 4) is 0 Å². The van der Waals surface area contributed by atoms with Gasteiger partial charge in [0.1, 0.15) is 0 Å². The highest BCUT2D eigenvalue weighted by Crippen LogP contribution is 2.16. The van der Waals surface area contributed by atoms with Gasteiger partial charge in [0.15, 0.2) is 0 Å². The van der Waals surface area contributed by atoms with E-state index in [2.05, 4.69) is 30.2 Å². The van der Waals surface area contributed by atoms with Crippen molar-refractivity contribution in [2.45, 2.75) is 27.2 Å². The average Bonchev–Trinajstić information content (AvgIpc) is 2.56. The third-order valence-electron chi connectivity index (χ3n) is 2.20. The van der Waals surface area contributed by atoms with Crippen LogP contribution in [0.5, 0.6) is 0 Å². The van der Waals surface area contributed by atoms with E-state index >= 15 is 0 Å². The van der Waals surface area contributed by atoms with Crippen LogP contribution in [0, 0.1) is 0 Å². The van der Waals surface area contributed by atoms with Gasteiger partial charge in [-0.2, -0.15) is 5.10 Å². The molecule has 0 spiro atoms. The van der Waals surface area contributed by atoms with Gasteiger partial charge >= 0.3 is 0 Å². The fourth-order valence-corrected chi connectivity index (χ4v) is 1.62. The molecule has 2 aromatic rings. The summed E-state index contributed by atoms with van der Waals surface area (Å²) in [6, 6.07) is 8.26. The summed E-state index contributed by atoms with van der Waals surface area (Å²) in [5.41, 5.74) is 2.41. The molecular formula is C12H18N2. The Kier molecular flexibility index (Phi) is 3.69. The molecule has 0 amide bonds. The fraction of sp³-hybridized carbons (Fsp3) is 0.417. The van der Waals surface area contributed by atoms with E-state index in [0.29, 0.717) is 0 Å². The molecule has 0 aliphatic rings. The van der Waals surface area contributed by atoms with Crippen LogP contribution in [0.25, 0.3) is 10.9 Å². The number of rotatable bonds is 1. The summed E-state index contributed by atoms with van der Waals surface area (Å²) in [6.45, 7) is 6.16. The van der Waals surface area contributed by atoms with E-state index in [1.54, 1.807) is 0 Å². The van der Waals surface area contributed by atoms with E-state index < -0.39 is 0 Å². The maximum atomic E-state index is 4.40. The highest BCUT2D eigenvalue weighted by atomic mass is 15.3. The lowest BCUT2D eigenvalue weighted by molar-refractivity contribution is 0.728. The molecule has 76 valence electrons. The molecule has 0 unspecified atom stereocenters. The van der Waals surface area contributed by atoms with Crippen molar-refractivity contribution in [2.75, 3.05) is 0 Å². The summed E-state index contributed by atoms with van der Waals surface area (Å²) in [5, 5.41) is 5.68. The van der Waals surface area contributed by atoms with Crippen molar-refractivity contribution >= 4 is 10.9 Å². The molecule has 1 aromatic carbocycles. The molecule has 2 nitrogen and oxygen atoms in total. The van der Waals surface area contributed by atoms with Crippen LogP contribution in [-0.2, 0) is 13.5 Å². The van der Waals surface area contributed by atoms with E-state index in [-0.39, 0.29) is 0 Å². The lowest BCUT2D eigenvalue weighted by atomic mass is 10.2. The van der Waals surface area contributed by atoms with Crippen molar-refractivity contribution in [3.63, 3.8) is 0 Å². The quantitative estimate of drug-likeness (QED) is 0.675. The molecule has 0 aliphatic carbocycles. The van der Waals surface area contributed by atoms with Crippen LogP contribution in [0.2, 0.25) is 0 Å². The average molecular weight is 190 g/mol. The number of fused-ring (bicyclic) bond motifs is 1. The molecular weight excluding hydrogens is 172 g/mol. The summed E-state index contributed by atoms with van der Waals surface area (Å²) in [7, 11) is 2.00. The number of aromatic nitrogens is 2. The van der Waals surface area contributed by atoms with Gasteiger partial charge in [0.05, 0.1) is 5.52 Å². The van der Waals surface area contributed by atoms with Crippen molar-refractivity contribution < 1.29 is 0 Å². The van der Waals surface area contributed by atoms with Gasteiger partial charge in [0.25, 0.3) is 0 Å². The normalized spacial score (nSPS) is 9.71. The van der Waals surface area contributed by atoms with Crippen LogP contribution in [0.15, 0.2) is 24.3 Å². The first-order valence-corrected chi connectivity index (χ1v) is 5.23. The van der Waals surface area contributed by atoms with Gasteiger partial charge in [0, 0.05) is 18.1 Å². The Bertz CT molecular complexity index is 402. The maximum absolute atomic E-state index is 4.40. The molecule has 0 saturated heterocycles. The summed E-state index contributed by atoms with van der Waals surface area (Å²) in [5.74, 6) is 0. The Balaban J connectivity index is 0.000000461. The Hall–Kier alpha value is -1.31. The maximum Gasteiger partial charge on any atom is 0.0926 e. The van der Waals surface area contributed by atoms with Crippen LogP contribution in [0.3, 0.4) is 0 Å². The molecule has 0 atom stereocenters. The molecule has 1 heterocycles. The Morgan fingerprint density at radius 3 is 2.50 bits per heavy atom. The molecule has 0 N–H and O–H groups in total. The van der Waals surface area contributed by atoms with Gasteiger partial charge in [-0.3, -0.25) is 4.68 Å². The lowest BCUT2D eigenvalue weighted by Gasteiger charge is -1.95. The second-order valence-electron chi connectivity index (χ2n) is 2.94. The van der Waals surface area contributed by atoms with Crippen molar-refractivity contribution in [3.05, 3.63) is 30.0 Å². The third kappa shape index (κ3) is 1.79. The summed E-state index contributed by atoms with van der Waals surface area (Å²) >= 11 is 0. The van der Waals surface area contributed by atoms with E-state index in [0.717, 1.165) is 11.9 Å². The van der Waals surface area contributed by atoms with Gasteiger partial charge in [0.2, 0.25) is 0 Å². The largest absolute Gasteiger partial charge is 0.271 e. The van der Waals surface area contributed by atoms with Crippen LogP contribution < -0.4 is 0 Å². The highest BCUT2D eigenvalue weighted by Gasteiger charge is 2.04. The summed E-state index contributed by atoms with van der Waals surface area (Å²) in [6.07, 6.45) is 1.04. The summed E-state index contributed by atoms with van der Waals surface area (Å²) < 4.78 is 1.96. The van der Waals surface area contributed by atoms with Crippen molar-refractivity contribution in [2.24, 2.45) is 7.05 Å². The number of aryl methyl sites for hydroxylation is 2. The summed E-state index contributed by atoms with van der Waals surface area (Å²) in [4.78, 5) is 0. The Morgan fingerprint density at radius 1 is 1.21 bits per heavy atom. The second-order valence-corrected chi connectivity index (χ2v) is 2.94. The zero-order valence-electron chi connectivity index (χ0n) is 9.41. The molecule has 0 bridgehead atoms. The molecule has 2 heteroatoms. The van der Waals surface area contributed by atoms with E-state index in [4.69, 9.17) is 0 Å². The Labute approximate surface area is 85.6 Å². The first-order valence-electron chi connectivity index (χ1n) is 5.23. The van der Waals surface area contributed by atoms with Crippen LogP contribution in [-0.4, -0.2) is 9.78 Å². The topological polar surface area (TPSA) is 17.8 Å². The van der Waals surface area contributed by atoms with Crippen LogP contribution in [0.1, 0.15) is 26.5 Å². The van der Waals surface area contributed by atoms with E-state index in [1.807, 2.05) is 31.6 Å². The minimum Gasteiger partial charge on any atom is -0.271 e. The first-order chi connectivity index (χ1) is 6.83. The van der Waals surface area contributed by atoms with Gasteiger partial charge in [-0.25, -0.2) is 0 Å². The van der Waals surface area contributed by atoms with Crippen molar-refractivity contribution in [1.82, 2.24) is 9.78 Å². The second kappa shape index (κ2) is 4.80. The number of hydrogen-bond donors (Lipinski definition) is 0. The number of nitrogens with zero attached hydrogens (tertiary/aromatic N) is 2. The monoisotopic (exact) mass is 190 g/mol. The van der Waals surface area contributed by atoms with Crippen molar-refractivity contribution in [1.29, 1.82) is 0 Å². The predicted molar refractivity (Wildman–Crippen MR) is 61.4 cm³/mol. The first kappa shape index (κ1) is 10.8. The SMILES string of the molecule is CC.CCc1c2ccccc2nn1C. The van der Waals surface area contributed by atoms with Crippen LogP contribution in [0.4, 0.5) is 0 Å². The highest BCUT2D eigenvalue weighted by molar-refractivity contribution is 5.81. The fourth-order valence-electron chi connectivity index (χ4n) is 1.62. The molecule has 0 fully saturated rings. The molecule has 0 saturated carbocycles. The van der Waals surface area contributed by atoms with Gasteiger partial charge < -0.3 is 0 Å². The zero-order valence-corrected chi connectivity index (χ0v) is 9.41. The minimum absolute atomic E-state index is 1.04. The number of benzene rings is 1. The van der Waals surface area contributed by atoms with Crippen LogP contribution >= 0.6 is 0 Å². The van der Waals surface area contributed by atoms with E-state index in [1.165, 1.54) is 11.1 Å². The predicted octanol–water partition coefficient (Wildman–Crippen LogP) is 3.16. The minimum atomic E-state index is 1.04.